The Bertz CT molecular complexity index is 316. The first kappa shape index (κ1) is 13.5. The van der Waals surface area contributed by atoms with Crippen LogP contribution in [0.1, 0.15) is 25.1 Å². The number of pyridine rings is 1. The molecule has 1 aromatic rings. The van der Waals surface area contributed by atoms with E-state index in [-0.39, 0.29) is 0 Å². The molecule has 1 N–H and O–H groups in total. The van der Waals surface area contributed by atoms with Gasteiger partial charge >= 0.3 is 0 Å². The van der Waals surface area contributed by atoms with Crippen molar-refractivity contribution in [3.8, 4) is 0 Å². The zero-order chi connectivity index (χ0) is 12.1. The molecule has 0 saturated carbocycles. The molecule has 0 spiro atoms. The third kappa shape index (κ3) is 4.14. The molecule has 0 amide bonds. The molecule has 3 heteroatoms. The molecule has 0 aliphatic heterocycles. The van der Waals surface area contributed by atoms with E-state index in [0.29, 0.717) is 12.0 Å². The van der Waals surface area contributed by atoms with Gasteiger partial charge in [-0.15, -0.1) is 11.8 Å². The highest BCUT2D eigenvalue weighted by Gasteiger charge is 2.11. The zero-order valence-corrected chi connectivity index (χ0v) is 11.7. The number of hydrogen-bond acceptors (Lipinski definition) is 3. The minimum absolute atomic E-state index is 0.549. The first-order chi connectivity index (χ1) is 7.52. The lowest BCUT2D eigenvalue weighted by atomic mass is 10.1. The van der Waals surface area contributed by atoms with Crippen molar-refractivity contribution in [1.82, 2.24) is 10.3 Å². The Labute approximate surface area is 103 Å². The van der Waals surface area contributed by atoms with Crippen LogP contribution < -0.4 is 5.32 Å². The van der Waals surface area contributed by atoms with Gasteiger partial charge in [-0.1, -0.05) is 13.8 Å². The predicted molar refractivity (Wildman–Crippen MR) is 72.1 cm³/mol. The lowest BCUT2D eigenvalue weighted by molar-refractivity contribution is 0.465. The monoisotopic (exact) mass is 238 g/mol. The minimum Gasteiger partial charge on any atom is -0.316 e. The SMILES string of the molecule is CNC(CSc1cc(C)cc(C)n1)C(C)C. The summed E-state index contributed by atoms with van der Waals surface area (Å²) in [6, 6.07) is 4.82. The number of aromatic nitrogens is 1. The first-order valence-electron chi connectivity index (χ1n) is 5.78. The van der Waals surface area contributed by atoms with Crippen LogP contribution in [-0.2, 0) is 0 Å². The molecule has 0 bridgehead atoms. The lowest BCUT2D eigenvalue weighted by Crippen LogP contribution is -2.32. The van der Waals surface area contributed by atoms with E-state index >= 15 is 0 Å². The maximum absolute atomic E-state index is 4.53. The van der Waals surface area contributed by atoms with Crippen molar-refractivity contribution in [3.05, 3.63) is 23.4 Å². The summed E-state index contributed by atoms with van der Waals surface area (Å²) in [7, 11) is 2.03. The average molecular weight is 238 g/mol. The second kappa shape index (κ2) is 6.26. The number of aryl methyl sites for hydroxylation is 2. The van der Waals surface area contributed by atoms with E-state index in [1.165, 1.54) is 5.56 Å². The molecule has 0 fully saturated rings. The van der Waals surface area contributed by atoms with E-state index < -0.39 is 0 Å². The number of thioether (sulfide) groups is 1. The molecule has 1 aromatic heterocycles. The highest BCUT2D eigenvalue weighted by atomic mass is 32.2. The quantitative estimate of drug-likeness (QED) is 0.798. The summed E-state index contributed by atoms with van der Waals surface area (Å²) in [5, 5.41) is 4.49. The van der Waals surface area contributed by atoms with Crippen LogP contribution in [-0.4, -0.2) is 23.8 Å². The summed E-state index contributed by atoms with van der Waals surface area (Å²) >= 11 is 1.84. The molecule has 0 aliphatic rings. The summed E-state index contributed by atoms with van der Waals surface area (Å²) in [6.07, 6.45) is 0. The van der Waals surface area contributed by atoms with Crippen LogP contribution in [0.2, 0.25) is 0 Å². The molecule has 1 heterocycles. The average Bonchev–Trinajstić information content (AvgIpc) is 2.16. The van der Waals surface area contributed by atoms with Crippen molar-refractivity contribution in [2.45, 2.75) is 38.8 Å². The second-order valence-corrected chi connectivity index (χ2v) is 5.61. The Kier molecular flexibility index (Phi) is 5.29. The predicted octanol–water partition coefficient (Wildman–Crippen LogP) is 3.03. The molecule has 16 heavy (non-hydrogen) atoms. The van der Waals surface area contributed by atoms with Crippen molar-refractivity contribution < 1.29 is 0 Å². The largest absolute Gasteiger partial charge is 0.316 e. The summed E-state index contributed by atoms with van der Waals surface area (Å²) < 4.78 is 0. The fourth-order valence-electron chi connectivity index (χ4n) is 1.66. The van der Waals surface area contributed by atoms with Gasteiger partial charge in [-0.25, -0.2) is 4.98 Å². The molecule has 2 nitrogen and oxygen atoms in total. The van der Waals surface area contributed by atoms with Crippen molar-refractivity contribution in [2.75, 3.05) is 12.8 Å². The van der Waals surface area contributed by atoms with Gasteiger partial charge in [0.05, 0.1) is 5.03 Å². The Hall–Kier alpha value is -0.540. The molecule has 0 aromatic carbocycles. The van der Waals surface area contributed by atoms with Crippen LogP contribution in [0, 0.1) is 19.8 Å². The number of nitrogens with one attached hydrogen (secondary N) is 1. The maximum Gasteiger partial charge on any atom is 0.0966 e. The smallest absolute Gasteiger partial charge is 0.0966 e. The van der Waals surface area contributed by atoms with Crippen molar-refractivity contribution in [1.29, 1.82) is 0 Å². The molecule has 0 saturated heterocycles. The van der Waals surface area contributed by atoms with Crippen LogP contribution in [0.3, 0.4) is 0 Å². The first-order valence-corrected chi connectivity index (χ1v) is 6.77. The van der Waals surface area contributed by atoms with Crippen molar-refractivity contribution in [3.63, 3.8) is 0 Å². The molecule has 0 radical (unpaired) electrons. The van der Waals surface area contributed by atoms with Gasteiger partial charge in [0, 0.05) is 17.5 Å². The fourth-order valence-corrected chi connectivity index (χ4v) is 3.04. The van der Waals surface area contributed by atoms with Crippen LogP contribution in [0.15, 0.2) is 17.2 Å². The van der Waals surface area contributed by atoms with Crippen molar-refractivity contribution >= 4 is 11.8 Å². The number of hydrogen-bond donors (Lipinski definition) is 1. The minimum atomic E-state index is 0.549. The Morgan fingerprint density at radius 3 is 2.50 bits per heavy atom. The summed E-state index contributed by atoms with van der Waals surface area (Å²) in [5.41, 5.74) is 2.40. The molecule has 1 atom stereocenters. The molecular weight excluding hydrogens is 216 g/mol. The lowest BCUT2D eigenvalue weighted by Gasteiger charge is -2.19. The van der Waals surface area contributed by atoms with E-state index in [4.69, 9.17) is 0 Å². The third-order valence-corrected chi connectivity index (χ3v) is 3.69. The summed E-state index contributed by atoms with van der Waals surface area (Å²) in [6.45, 7) is 8.67. The highest BCUT2D eigenvalue weighted by molar-refractivity contribution is 7.99. The topological polar surface area (TPSA) is 24.9 Å². The van der Waals surface area contributed by atoms with Crippen LogP contribution in [0.25, 0.3) is 0 Å². The van der Waals surface area contributed by atoms with Gasteiger partial charge in [-0.3, -0.25) is 0 Å². The molecule has 90 valence electrons. The zero-order valence-electron chi connectivity index (χ0n) is 10.9. The van der Waals surface area contributed by atoms with Gasteiger partial charge in [0.1, 0.15) is 0 Å². The Balaban J connectivity index is 2.60. The van der Waals surface area contributed by atoms with Gasteiger partial charge in [0.2, 0.25) is 0 Å². The Morgan fingerprint density at radius 1 is 1.31 bits per heavy atom. The van der Waals surface area contributed by atoms with Crippen LogP contribution >= 0.6 is 11.8 Å². The molecule has 1 rings (SSSR count). The van der Waals surface area contributed by atoms with E-state index in [1.807, 2.05) is 18.8 Å². The van der Waals surface area contributed by atoms with Crippen LogP contribution in [0.4, 0.5) is 0 Å². The molecule has 1 unspecified atom stereocenters. The Morgan fingerprint density at radius 2 is 2.00 bits per heavy atom. The van der Waals surface area contributed by atoms with E-state index in [0.717, 1.165) is 16.5 Å². The van der Waals surface area contributed by atoms with Crippen LogP contribution in [0.5, 0.6) is 0 Å². The summed E-state index contributed by atoms with van der Waals surface area (Å²) in [4.78, 5) is 4.53. The van der Waals surface area contributed by atoms with Gasteiger partial charge < -0.3 is 5.32 Å². The van der Waals surface area contributed by atoms with E-state index in [9.17, 15) is 0 Å². The maximum atomic E-state index is 4.53. The number of rotatable bonds is 5. The van der Waals surface area contributed by atoms with Crippen molar-refractivity contribution in [2.24, 2.45) is 5.92 Å². The fraction of sp³-hybridized carbons (Fsp3) is 0.615. The standard InChI is InChI=1S/C13H22N2S/c1-9(2)12(14-5)8-16-13-7-10(3)6-11(4)15-13/h6-7,9,12,14H,8H2,1-5H3. The molecular formula is C13H22N2S. The second-order valence-electron chi connectivity index (χ2n) is 4.57. The third-order valence-electron chi connectivity index (χ3n) is 2.66. The van der Waals surface area contributed by atoms with Gasteiger partial charge in [0.15, 0.2) is 0 Å². The van der Waals surface area contributed by atoms with E-state index in [2.05, 4.69) is 50.1 Å². The van der Waals surface area contributed by atoms with Gasteiger partial charge in [-0.2, -0.15) is 0 Å². The van der Waals surface area contributed by atoms with E-state index in [1.54, 1.807) is 0 Å². The van der Waals surface area contributed by atoms with Gasteiger partial charge in [-0.05, 0) is 44.5 Å². The highest BCUT2D eigenvalue weighted by Crippen LogP contribution is 2.20. The molecule has 0 aliphatic carbocycles. The summed E-state index contributed by atoms with van der Waals surface area (Å²) in [5.74, 6) is 1.73. The van der Waals surface area contributed by atoms with Gasteiger partial charge in [0.25, 0.3) is 0 Å². The normalized spacial score (nSPS) is 13.1. The number of nitrogens with zero attached hydrogens (tertiary/aromatic N) is 1.